The number of esters is 1. The van der Waals surface area contributed by atoms with Crippen molar-refractivity contribution in [2.75, 3.05) is 24.6 Å². The second kappa shape index (κ2) is 9.62. The predicted molar refractivity (Wildman–Crippen MR) is 106 cm³/mol. The quantitative estimate of drug-likeness (QED) is 0.659. The molecule has 9 heteroatoms. The third kappa shape index (κ3) is 6.10. The van der Waals surface area contributed by atoms with Gasteiger partial charge in [-0.1, -0.05) is 6.07 Å². The summed E-state index contributed by atoms with van der Waals surface area (Å²) in [4.78, 5) is 25.5. The standard InChI is InChI=1S/C20H23FN2O5S/c1-4-23(17-8-6-16(21)7-9-17)19(24)13-28-20(25)12-22-29(26,27)18-10-5-14(2)15(3)11-18/h5-11,22H,4,12-13H2,1-3H3. The lowest BCUT2D eigenvalue weighted by Gasteiger charge is -2.20. The molecular formula is C20H23FN2O5S. The van der Waals surface area contributed by atoms with Gasteiger partial charge < -0.3 is 9.64 Å². The first-order chi connectivity index (χ1) is 13.6. The van der Waals surface area contributed by atoms with Gasteiger partial charge in [-0.15, -0.1) is 0 Å². The lowest BCUT2D eigenvalue weighted by molar-refractivity contribution is -0.146. The van der Waals surface area contributed by atoms with E-state index in [1.165, 1.54) is 41.3 Å². The van der Waals surface area contributed by atoms with Crippen LogP contribution in [-0.4, -0.2) is 40.0 Å². The number of anilines is 1. The molecule has 2 aromatic rings. The van der Waals surface area contributed by atoms with Gasteiger partial charge in [-0.3, -0.25) is 9.59 Å². The Bertz CT molecular complexity index is 990. The first-order valence-corrected chi connectivity index (χ1v) is 10.4. The third-order valence-corrected chi connectivity index (χ3v) is 5.71. The predicted octanol–water partition coefficient (Wildman–Crippen LogP) is 2.32. The van der Waals surface area contributed by atoms with Crippen molar-refractivity contribution in [2.45, 2.75) is 25.7 Å². The number of carbonyl (C=O) groups excluding carboxylic acids is 2. The van der Waals surface area contributed by atoms with Gasteiger partial charge in [0.15, 0.2) is 6.61 Å². The molecule has 0 aliphatic rings. The number of ether oxygens (including phenoxy) is 1. The Morgan fingerprint density at radius 3 is 2.31 bits per heavy atom. The molecule has 1 N–H and O–H groups in total. The highest BCUT2D eigenvalue weighted by molar-refractivity contribution is 7.89. The minimum atomic E-state index is -3.88. The number of nitrogens with zero attached hydrogens (tertiary/aromatic N) is 1. The molecule has 0 heterocycles. The number of sulfonamides is 1. The first-order valence-electron chi connectivity index (χ1n) is 8.92. The van der Waals surface area contributed by atoms with Crippen molar-refractivity contribution < 1.29 is 27.1 Å². The molecule has 29 heavy (non-hydrogen) atoms. The molecule has 0 atom stereocenters. The lowest BCUT2D eigenvalue weighted by atomic mass is 10.1. The van der Waals surface area contributed by atoms with Crippen LogP contribution < -0.4 is 9.62 Å². The van der Waals surface area contributed by atoms with Gasteiger partial charge in [0.1, 0.15) is 12.4 Å². The molecule has 0 radical (unpaired) electrons. The molecule has 0 aliphatic carbocycles. The number of carbonyl (C=O) groups is 2. The maximum absolute atomic E-state index is 13.0. The van der Waals surface area contributed by atoms with Gasteiger partial charge in [-0.2, -0.15) is 4.72 Å². The van der Waals surface area contributed by atoms with Crippen LogP contribution in [0.5, 0.6) is 0 Å². The number of benzene rings is 2. The number of likely N-dealkylation sites (N-methyl/N-ethyl adjacent to an activating group) is 1. The molecule has 156 valence electrons. The number of amides is 1. The van der Waals surface area contributed by atoms with E-state index >= 15 is 0 Å². The van der Waals surface area contributed by atoms with Crippen molar-refractivity contribution in [3.8, 4) is 0 Å². The van der Waals surface area contributed by atoms with Crippen LogP contribution in [0.1, 0.15) is 18.1 Å². The Balaban J connectivity index is 1.90. The molecule has 7 nitrogen and oxygen atoms in total. The maximum atomic E-state index is 13.0. The normalized spacial score (nSPS) is 11.2. The zero-order chi connectivity index (χ0) is 21.6. The zero-order valence-corrected chi connectivity index (χ0v) is 17.3. The summed E-state index contributed by atoms with van der Waals surface area (Å²) in [6.07, 6.45) is 0. The second-order valence-corrected chi connectivity index (χ2v) is 8.11. The molecule has 0 spiro atoms. The molecule has 0 unspecified atom stereocenters. The van der Waals surface area contributed by atoms with E-state index in [0.717, 1.165) is 11.1 Å². The Morgan fingerprint density at radius 1 is 1.07 bits per heavy atom. The molecule has 0 aliphatic heterocycles. The van der Waals surface area contributed by atoms with E-state index in [4.69, 9.17) is 4.74 Å². The van der Waals surface area contributed by atoms with E-state index < -0.39 is 40.9 Å². The van der Waals surface area contributed by atoms with Crippen LogP contribution in [0.25, 0.3) is 0 Å². The summed E-state index contributed by atoms with van der Waals surface area (Å²) in [5.41, 5.74) is 2.22. The van der Waals surface area contributed by atoms with E-state index in [-0.39, 0.29) is 4.90 Å². The molecule has 2 rings (SSSR count). The fraction of sp³-hybridized carbons (Fsp3) is 0.300. The van der Waals surface area contributed by atoms with Crippen molar-refractivity contribution in [1.82, 2.24) is 4.72 Å². The van der Waals surface area contributed by atoms with Crippen LogP contribution in [0.2, 0.25) is 0 Å². The Hall–Kier alpha value is -2.78. The Kier molecular flexibility index (Phi) is 7.46. The molecular weight excluding hydrogens is 399 g/mol. The minimum absolute atomic E-state index is 0.0398. The van der Waals surface area contributed by atoms with Crippen molar-refractivity contribution in [3.63, 3.8) is 0 Å². The van der Waals surface area contributed by atoms with Crippen LogP contribution in [0, 0.1) is 19.7 Å². The maximum Gasteiger partial charge on any atom is 0.321 e. The molecule has 0 fully saturated rings. The topological polar surface area (TPSA) is 92.8 Å². The number of nitrogens with one attached hydrogen (secondary N) is 1. The lowest BCUT2D eigenvalue weighted by Crippen LogP contribution is -2.36. The second-order valence-electron chi connectivity index (χ2n) is 6.35. The first kappa shape index (κ1) is 22.5. The van der Waals surface area contributed by atoms with Crippen LogP contribution in [0.15, 0.2) is 47.4 Å². The highest BCUT2D eigenvalue weighted by Gasteiger charge is 2.19. The van der Waals surface area contributed by atoms with Crippen LogP contribution >= 0.6 is 0 Å². The number of aryl methyl sites for hydroxylation is 2. The number of hydrogen-bond donors (Lipinski definition) is 1. The monoisotopic (exact) mass is 422 g/mol. The third-order valence-electron chi connectivity index (χ3n) is 4.31. The van der Waals surface area contributed by atoms with Crippen LogP contribution in [0.3, 0.4) is 0 Å². The Morgan fingerprint density at radius 2 is 1.72 bits per heavy atom. The van der Waals surface area contributed by atoms with Crippen LogP contribution in [-0.2, 0) is 24.3 Å². The summed E-state index contributed by atoms with van der Waals surface area (Å²) in [7, 11) is -3.88. The van der Waals surface area contributed by atoms with Crippen LogP contribution in [0.4, 0.5) is 10.1 Å². The van der Waals surface area contributed by atoms with Crippen molar-refractivity contribution in [3.05, 3.63) is 59.4 Å². The summed E-state index contributed by atoms with van der Waals surface area (Å²) in [6, 6.07) is 9.95. The van der Waals surface area contributed by atoms with Gasteiger partial charge >= 0.3 is 5.97 Å². The summed E-state index contributed by atoms with van der Waals surface area (Å²) in [5.74, 6) is -1.83. The largest absolute Gasteiger partial charge is 0.455 e. The molecule has 0 aromatic heterocycles. The van der Waals surface area contributed by atoms with E-state index in [1.54, 1.807) is 19.9 Å². The molecule has 1 amide bonds. The highest BCUT2D eigenvalue weighted by Crippen LogP contribution is 2.16. The van der Waals surface area contributed by atoms with E-state index in [0.29, 0.717) is 12.2 Å². The number of hydrogen-bond acceptors (Lipinski definition) is 5. The van der Waals surface area contributed by atoms with Crippen molar-refractivity contribution >= 4 is 27.6 Å². The van der Waals surface area contributed by atoms with E-state index in [1.807, 2.05) is 6.92 Å². The summed E-state index contributed by atoms with van der Waals surface area (Å²) < 4.78 is 44.6. The smallest absolute Gasteiger partial charge is 0.321 e. The SMILES string of the molecule is CCN(C(=O)COC(=O)CNS(=O)(=O)c1ccc(C)c(C)c1)c1ccc(F)cc1. The van der Waals surface area contributed by atoms with Gasteiger partial charge in [0, 0.05) is 12.2 Å². The van der Waals surface area contributed by atoms with Gasteiger partial charge in [-0.05, 0) is 68.3 Å². The summed E-state index contributed by atoms with van der Waals surface area (Å²) >= 11 is 0. The average molecular weight is 422 g/mol. The van der Waals surface area contributed by atoms with Crippen molar-refractivity contribution in [2.24, 2.45) is 0 Å². The van der Waals surface area contributed by atoms with E-state index in [9.17, 15) is 22.4 Å². The van der Waals surface area contributed by atoms with Gasteiger partial charge in [0.2, 0.25) is 10.0 Å². The van der Waals surface area contributed by atoms with Gasteiger partial charge in [-0.25, -0.2) is 12.8 Å². The van der Waals surface area contributed by atoms with Gasteiger partial charge in [0.05, 0.1) is 4.90 Å². The molecule has 2 aromatic carbocycles. The number of halogens is 1. The average Bonchev–Trinajstić information content (AvgIpc) is 2.69. The van der Waals surface area contributed by atoms with Gasteiger partial charge in [0.25, 0.3) is 5.91 Å². The van der Waals surface area contributed by atoms with E-state index in [2.05, 4.69) is 4.72 Å². The fourth-order valence-corrected chi connectivity index (χ4v) is 3.57. The zero-order valence-electron chi connectivity index (χ0n) is 16.4. The minimum Gasteiger partial charge on any atom is -0.455 e. The molecule has 0 bridgehead atoms. The van der Waals surface area contributed by atoms with Crippen molar-refractivity contribution in [1.29, 1.82) is 0 Å². The molecule has 0 saturated carbocycles. The molecule has 0 saturated heterocycles. The number of rotatable bonds is 8. The highest BCUT2D eigenvalue weighted by atomic mass is 32.2. The summed E-state index contributed by atoms with van der Waals surface area (Å²) in [5, 5.41) is 0. The Labute approximate surface area is 169 Å². The fourth-order valence-electron chi connectivity index (χ4n) is 2.51. The summed E-state index contributed by atoms with van der Waals surface area (Å²) in [6.45, 7) is 4.50.